The highest BCUT2D eigenvalue weighted by atomic mass is 32.2. The van der Waals surface area contributed by atoms with Crippen LogP contribution in [0.1, 0.15) is 20.3 Å². The van der Waals surface area contributed by atoms with E-state index in [2.05, 4.69) is 28.8 Å². The number of thioether (sulfide) groups is 1. The molecule has 0 aromatic rings. The van der Waals surface area contributed by atoms with Crippen molar-refractivity contribution in [3.63, 3.8) is 0 Å². The summed E-state index contributed by atoms with van der Waals surface area (Å²) in [5, 5.41) is 3.54. The molecule has 0 aliphatic carbocycles. The average molecular weight is 214 g/mol. The molecule has 1 fully saturated rings. The van der Waals surface area contributed by atoms with Gasteiger partial charge in [-0.3, -0.25) is 0 Å². The largest absolute Gasteiger partial charge is 0.301 e. The minimum Gasteiger partial charge on any atom is -0.301 e. The van der Waals surface area contributed by atoms with E-state index in [-0.39, 0.29) is 0 Å². The molecule has 1 aliphatic rings. The van der Waals surface area contributed by atoms with Gasteiger partial charge >= 0.3 is 0 Å². The van der Waals surface area contributed by atoms with Gasteiger partial charge in [-0.25, -0.2) is 0 Å². The molecule has 1 aliphatic heterocycles. The van der Waals surface area contributed by atoms with E-state index in [4.69, 9.17) is 5.53 Å². The first-order valence-electron chi connectivity index (χ1n) is 5.01. The molecule has 0 radical (unpaired) electrons. The van der Waals surface area contributed by atoms with E-state index >= 15 is 0 Å². The summed E-state index contributed by atoms with van der Waals surface area (Å²) in [6.07, 6.45) is 0.977. The molecule has 4 nitrogen and oxygen atoms in total. The molecule has 1 saturated heterocycles. The number of rotatable bonds is 4. The molecular formula is C9H18N4S. The van der Waals surface area contributed by atoms with Crippen molar-refractivity contribution in [3.05, 3.63) is 10.4 Å². The second kappa shape index (κ2) is 5.49. The fourth-order valence-electron chi connectivity index (χ4n) is 1.71. The Balaban J connectivity index is 2.21. The molecule has 0 saturated carbocycles. The molecule has 1 rings (SSSR count). The van der Waals surface area contributed by atoms with Crippen LogP contribution >= 0.6 is 11.8 Å². The number of azide groups is 1. The van der Waals surface area contributed by atoms with Gasteiger partial charge < -0.3 is 4.90 Å². The topological polar surface area (TPSA) is 52.0 Å². The summed E-state index contributed by atoms with van der Waals surface area (Å²) < 4.78 is 0.386. The summed E-state index contributed by atoms with van der Waals surface area (Å²) >= 11 is 2.04. The van der Waals surface area contributed by atoms with Crippen molar-refractivity contribution in [2.75, 3.05) is 31.9 Å². The predicted octanol–water partition coefficient (Wildman–Crippen LogP) is 2.51. The van der Waals surface area contributed by atoms with Crippen molar-refractivity contribution < 1.29 is 0 Å². The molecule has 0 amide bonds. The summed E-state index contributed by atoms with van der Waals surface area (Å²) in [5.74, 6) is 1.22. The van der Waals surface area contributed by atoms with Crippen LogP contribution in [0.15, 0.2) is 5.11 Å². The normalized spacial score (nSPS) is 21.6. The molecule has 14 heavy (non-hydrogen) atoms. The molecule has 0 spiro atoms. The van der Waals surface area contributed by atoms with Crippen molar-refractivity contribution in [1.29, 1.82) is 0 Å². The van der Waals surface area contributed by atoms with E-state index in [0.29, 0.717) is 11.3 Å². The third kappa shape index (κ3) is 4.22. The van der Waals surface area contributed by atoms with Gasteiger partial charge in [0.05, 0.1) is 0 Å². The maximum absolute atomic E-state index is 8.13. The van der Waals surface area contributed by atoms with Crippen LogP contribution in [0.3, 0.4) is 0 Å². The molecule has 5 heteroatoms. The maximum atomic E-state index is 8.13. The molecule has 0 aromatic carbocycles. The Morgan fingerprint density at radius 2 is 2.36 bits per heavy atom. The SMILES string of the molecule is CC1(C)CN(CCCN=[N+]=[N-])CCS1. The third-order valence-corrected chi connectivity index (χ3v) is 3.60. The first-order chi connectivity index (χ1) is 6.64. The van der Waals surface area contributed by atoms with Crippen LogP contribution in [0.25, 0.3) is 10.4 Å². The van der Waals surface area contributed by atoms with Crippen LogP contribution in [0.2, 0.25) is 0 Å². The Morgan fingerprint density at radius 1 is 1.57 bits per heavy atom. The lowest BCUT2D eigenvalue weighted by Gasteiger charge is -2.37. The van der Waals surface area contributed by atoms with Crippen LogP contribution in [0, 0.1) is 0 Å². The smallest absolute Gasteiger partial charge is 0.0270 e. The van der Waals surface area contributed by atoms with Gasteiger partial charge in [-0.2, -0.15) is 11.8 Å². The average Bonchev–Trinajstić information content (AvgIpc) is 2.11. The highest BCUT2D eigenvalue weighted by Crippen LogP contribution is 2.29. The van der Waals surface area contributed by atoms with Crippen LogP contribution < -0.4 is 0 Å². The monoisotopic (exact) mass is 214 g/mol. The Kier molecular flexibility index (Phi) is 4.58. The van der Waals surface area contributed by atoms with Gasteiger partial charge in [0.25, 0.3) is 0 Å². The predicted molar refractivity (Wildman–Crippen MR) is 61.6 cm³/mol. The lowest BCUT2D eigenvalue weighted by molar-refractivity contribution is 0.259. The van der Waals surface area contributed by atoms with Gasteiger partial charge in [0.1, 0.15) is 0 Å². The summed E-state index contributed by atoms with van der Waals surface area (Å²) in [5.41, 5.74) is 8.13. The summed E-state index contributed by atoms with van der Waals surface area (Å²) in [4.78, 5) is 5.21. The van der Waals surface area contributed by atoms with E-state index < -0.39 is 0 Å². The lowest BCUT2D eigenvalue weighted by atomic mass is 10.2. The molecule has 0 N–H and O–H groups in total. The van der Waals surface area contributed by atoms with Gasteiger partial charge in [-0.15, -0.1) is 0 Å². The molecule has 0 bridgehead atoms. The van der Waals surface area contributed by atoms with Crippen molar-refractivity contribution in [2.45, 2.75) is 25.0 Å². The van der Waals surface area contributed by atoms with Crippen LogP contribution in [0.4, 0.5) is 0 Å². The Bertz CT molecular complexity index is 223. The summed E-state index contributed by atoms with van der Waals surface area (Å²) in [7, 11) is 0. The number of hydrogen-bond acceptors (Lipinski definition) is 3. The van der Waals surface area contributed by atoms with E-state index in [0.717, 1.165) is 19.5 Å². The van der Waals surface area contributed by atoms with Crippen molar-refractivity contribution >= 4 is 11.8 Å². The van der Waals surface area contributed by atoms with Crippen LogP contribution in [-0.2, 0) is 0 Å². The fourth-order valence-corrected chi connectivity index (χ4v) is 2.89. The molecular weight excluding hydrogens is 196 g/mol. The maximum Gasteiger partial charge on any atom is 0.0270 e. The number of nitrogens with zero attached hydrogens (tertiary/aromatic N) is 4. The first-order valence-corrected chi connectivity index (χ1v) is 6.00. The highest BCUT2D eigenvalue weighted by molar-refractivity contribution is 8.00. The summed E-state index contributed by atoms with van der Waals surface area (Å²) in [6, 6.07) is 0. The lowest BCUT2D eigenvalue weighted by Crippen LogP contribution is -2.43. The van der Waals surface area contributed by atoms with Gasteiger partial charge in [0.15, 0.2) is 0 Å². The second-order valence-corrected chi connectivity index (χ2v) is 5.99. The van der Waals surface area contributed by atoms with Crippen LogP contribution in [-0.4, -0.2) is 41.6 Å². The molecule has 0 atom stereocenters. The van der Waals surface area contributed by atoms with Crippen molar-refractivity contribution in [3.8, 4) is 0 Å². The second-order valence-electron chi connectivity index (χ2n) is 4.19. The van der Waals surface area contributed by atoms with Crippen molar-refractivity contribution in [1.82, 2.24) is 4.90 Å². The minimum absolute atomic E-state index is 0.386. The Labute approximate surface area is 89.7 Å². The summed E-state index contributed by atoms with van der Waals surface area (Å²) in [6.45, 7) is 8.58. The molecule has 80 valence electrons. The van der Waals surface area contributed by atoms with Gasteiger partial charge in [-0.05, 0) is 32.3 Å². The molecule has 0 aromatic heterocycles. The van der Waals surface area contributed by atoms with E-state index in [1.807, 2.05) is 11.8 Å². The van der Waals surface area contributed by atoms with Crippen molar-refractivity contribution in [2.24, 2.45) is 5.11 Å². The van der Waals surface area contributed by atoms with Gasteiger partial charge in [0.2, 0.25) is 0 Å². The minimum atomic E-state index is 0.386. The van der Waals surface area contributed by atoms with Gasteiger partial charge in [0, 0.05) is 35.0 Å². The zero-order valence-corrected chi connectivity index (χ0v) is 9.76. The zero-order chi connectivity index (χ0) is 10.4. The van der Waals surface area contributed by atoms with E-state index in [1.54, 1.807) is 0 Å². The van der Waals surface area contributed by atoms with E-state index in [1.165, 1.54) is 12.3 Å². The Hall–Kier alpha value is -0.380. The molecule has 0 unspecified atom stereocenters. The first kappa shape index (κ1) is 11.7. The van der Waals surface area contributed by atoms with Crippen LogP contribution in [0.5, 0.6) is 0 Å². The molecule has 1 heterocycles. The fraction of sp³-hybridized carbons (Fsp3) is 1.00. The van der Waals surface area contributed by atoms with Gasteiger partial charge in [-0.1, -0.05) is 5.11 Å². The standard InChI is InChI=1S/C9H18N4S/c1-9(2)8-13(6-7-14-9)5-3-4-11-12-10/h3-8H2,1-2H3. The zero-order valence-electron chi connectivity index (χ0n) is 8.94. The Morgan fingerprint density at radius 3 is 3.00 bits per heavy atom. The third-order valence-electron chi connectivity index (χ3n) is 2.30. The quantitative estimate of drug-likeness (QED) is 0.312. The highest BCUT2D eigenvalue weighted by Gasteiger charge is 2.26. The van der Waals surface area contributed by atoms with E-state index in [9.17, 15) is 0 Å². The number of hydrogen-bond donors (Lipinski definition) is 0.